The zero-order valence-corrected chi connectivity index (χ0v) is 5.81. The fourth-order valence-corrected chi connectivity index (χ4v) is 0.603. The van der Waals surface area contributed by atoms with Crippen LogP contribution in [0.2, 0.25) is 0 Å². The first kappa shape index (κ1) is 9.64. The van der Waals surface area contributed by atoms with Gasteiger partial charge in [0.1, 0.15) is 6.04 Å². The van der Waals surface area contributed by atoms with E-state index in [1.54, 1.807) is 0 Å². The van der Waals surface area contributed by atoms with E-state index in [0.29, 0.717) is 0 Å². The molecule has 0 fully saturated rings. The van der Waals surface area contributed by atoms with Gasteiger partial charge in [0, 0.05) is 6.42 Å². The van der Waals surface area contributed by atoms with Gasteiger partial charge in [0.15, 0.2) is 0 Å². The van der Waals surface area contributed by atoms with Gasteiger partial charge >= 0.3 is 5.97 Å². The van der Waals surface area contributed by atoms with E-state index in [1.165, 1.54) is 0 Å². The van der Waals surface area contributed by atoms with Gasteiger partial charge in [0.05, 0.1) is 0 Å². The van der Waals surface area contributed by atoms with Crippen molar-refractivity contribution in [1.82, 2.24) is 4.72 Å². The SMILES string of the molecule is O=C(O)C(CC(F)F)NS. The first-order valence-electron chi connectivity index (χ1n) is 2.48. The largest absolute Gasteiger partial charge is 0.480 e. The molecule has 0 aliphatic rings. The highest BCUT2D eigenvalue weighted by atomic mass is 32.1. The summed E-state index contributed by atoms with van der Waals surface area (Å²) < 4.78 is 24.9. The first-order chi connectivity index (χ1) is 4.57. The third-order valence-electron chi connectivity index (χ3n) is 0.868. The maximum Gasteiger partial charge on any atom is 0.321 e. The van der Waals surface area contributed by atoms with Crippen molar-refractivity contribution in [2.75, 3.05) is 0 Å². The number of nitrogens with one attached hydrogen (secondary N) is 1. The summed E-state index contributed by atoms with van der Waals surface area (Å²) in [5.74, 6) is -1.32. The van der Waals surface area contributed by atoms with Crippen molar-refractivity contribution in [3.8, 4) is 0 Å². The van der Waals surface area contributed by atoms with Gasteiger partial charge in [0.2, 0.25) is 6.43 Å². The van der Waals surface area contributed by atoms with Gasteiger partial charge < -0.3 is 5.11 Å². The van der Waals surface area contributed by atoms with Crippen LogP contribution in [0.25, 0.3) is 0 Å². The fourth-order valence-electron chi connectivity index (χ4n) is 0.387. The minimum Gasteiger partial charge on any atom is -0.480 e. The molecule has 0 aliphatic carbocycles. The lowest BCUT2D eigenvalue weighted by molar-refractivity contribution is -0.139. The maximum absolute atomic E-state index is 11.5. The van der Waals surface area contributed by atoms with E-state index < -0.39 is 24.9 Å². The standard InChI is InChI=1S/C4H7F2NO2S/c5-3(6)1-2(7-10)4(8)9/h2-3,7,10H,1H2,(H,8,9). The Bertz CT molecular complexity index is 122. The minimum atomic E-state index is -2.62. The number of rotatable bonds is 4. The molecule has 0 heterocycles. The van der Waals surface area contributed by atoms with Crippen molar-refractivity contribution in [2.24, 2.45) is 0 Å². The van der Waals surface area contributed by atoms with Crippen molar-refractivity contribution >= 4 is 18.8 Å². The van der Waals surface area contributed by atoms with Crippen LogP contribution in [0.15, 0.2) is 0 Å². The van der Waals surface area contributed by atoms with Gasteiger partial charge in [-0.15, -0.1) is 0 Å². The topological polar surface area (TPSA) is 49.3 Å². The number of aliphatic carboxylic acids is 1. The summed E-state index contributed by atoms with van der Waals surface area (Å²) in [5, 5.41) is 8.18. The molecule has 6 heteroatoms. The Morgan fingerprint density at radius 2 is 2.20 bits per heavy atom. The van der Waals surface area contributed by atoms with Gasteiger partial charge in [-0.25, -0.2) is 8.78 Å². The van der Waals surface area contributed by atoms with E-state index in [-0.39, 0.29) is 0 Å². The molecule has 0 amide bonds. The number of carboxylic acids is 1. The van der Waals surface area contributed by atoms with E-state index in [4.69, 9.17) is 5.11 Å². The maximum atomic E-state index is 11.5. The molecule has 0 radical (unpaired) electrons. The minimum absolute atomic E-state index is 0.723. The molecule has 0 rings (SSSR count). The zero-order chi connectivity index (χ0) is 8.15. The Labute approximate surface area is 62.0 Å². The average molecular weight is 171 g/mol. The van der Waals surface area contributed by atoms with Crippen LogP contribution in [0, 0.1) is 0 Å². The number of carbonyl (C=O) groups is 1. The monoisotopic (exact) mass is 171 g/mol. The van der Waals surface area contributed by atoms with E-state index >= 15 is 0 Å². The van der Waals surface area contributed by atoms with E-state index in [2.05, 4.69) is 12.8 Å². The third-order valence-corrected chi connectivity index (χ3v) is 1.18. The van der Waals surface area contributed by atoms with Crippen LogP contribution >= 0.6 is 12.8 Å². The van der Waals surface area contributed by atoms with Gasteiger partial charge in [-0.3, -0.25) is 9.52 Å². The lowest BCUT2D eigenvalue weighted by Gasteiger charge is -2.07. The summed E-state index contributed by atoms with van der Waals surface area (Å²) in [6, 6.07) is -1.27. The molecule has 0 spiro atoms. The van der Waals surface area contributed by atoms with Gasteiger partial charge in [-0.1, -0.05) is 12.8 Å². The highest BCUT2D eigenvalue weighted by Crippen LogP contribution is 2.04. The molecule has 3 nitrogen and oxygen atoms in total. The molecule has 2 N–H and O–H groups in total. The first-order valence-corrected chi connectivity index (χ1v) is 2.93. The van der Waals surface area contributed by atoms with Gasteiger partial charge in [0.25, 0.3) is 0 Å². The number of thiol groups is 1. The Kier molecular flexibility index (Phi) is 4.29. The zero-order valence-electron chi connectivity index (χ0n) is 4.92. The smallest absolute Gasteiger partial charge is 0.321 e. The lowest BCUT2D eigenvalue weighted by Crippen LogP contribution is -2.32. The van der Waals surface area contributed by atoms with E-state index in [9.17, 15) is 13.6 Å². The highest BCUT2D eigenvalue weighted by molar-refractivity contribution is 7.78. The molecular formula is C4H7F2NO2S. The summed E-state index contributed by atoms with van der Waals surface area (Å²) in [4.78, 5) is 10.0. The quantitative estimate of drug-likeness (QED) is 0.541. The Morgan fingerprint density at radius 1 is 1.70 bits per heavy atom. The van der Waals surface area contributed by atoms with Crippen molar-refractivity contribution in [2.45, 2.75) is 18.9 Å². The molecule has 0 aromatic carbocycles. The van der Waals surface area contributed by atoms with Gasteiger partial charge in [-0.2, -0.15) is 0 Å². The van der Waals surface area contributed by atoms with Crippen LogP contribution in [-0.2, 0) is 4.79 Å². The molecule has 0 saturated carbocycles. The summed E-state index contributed by atoms with van der Waals surface area (Å²) in [7, 11) is 0. The summed E-state index contributed by atoms with van der Waals surface area (Å²) in [6.45, 7) is 0. The second kappa shape index (κ2) is 4.45. The van der Waals surface area contributed by atoms with Gasteiger partial charge in [-0.05, 0) is 0 Å². The average Bonchev–Trinajstić information content (AvgIpc) is 1.81. The molecule has 0 saturated heterocycles. The summed E-state index contributed by atoms with van der Waals surface area (Å²) in [6.07, 6.45) is -3.35. The molecule has 1 atom stereocenters. The Morgan fingerprint density at radius 3 is 2.30 bits per heavy atom. The number of carboxylic acid groups (broad SMARTS) is 1. The van der Waals surface area contributed by atoms with Crippen molar-refractivity contribution in [3.05, 3.63) is 0 Å². The number of alkyl halides is 2. The summed E-state index contributed by atoms with van der Waals surface area (Å²) >= 11 is 3.37. The molecule has 1 unspecified atom stereocenters. The Hall–Kier alpha value is -0.360. The second-order valence-corrected chi connectivity index (χ2v) is 1.90. The van der Waals surface area contributed by atoms with Crippen LogP contribution in [0.1, 0.15) is 6.42 Å². The second-order valence-electron chi connectivity index (χ2n) is 1.65. The number of hydrogen-bond acceptors (Lipinski definition) is 3. The predicted molar refractivity (Wildman–Crippen MR) is 34.2 cm³/mol. The molecular weight excluding hydrogens is 164 g/mol. The van der Waals surface area contributed by atoms with Crippen molar-refractivity contribution in [1.29, 1.82) is 0 Å². The van der Waals surface area contributed by atoms with Crippen LogP contribution in [0.3, 0.4) is 0 Å². The molecule has 0 aromatic rings. The molecule has 0 aliphatic heterocycles. The normalized spacial score (nSPS) is 13.6. The molecule has 0 aromatic heterocycles. The van der Waals surface area contributed by atoms with E-state index in [1.807, 2.05) is 4.72 Å². The molecule has 10 heavy (non-hydrogen) atoms. The highest BCUT2D eigenvalue weighted by Gasteiger charge is 2.19. The molecule has 0 bridgehead atoms. The van der Waals surface area contributed by atoms with Crippen LogP contribution in [0.5, 0.6) is 0 Å². The Balaban J connectivity index is 3.72. The fraction of sp³-hybridized carbons (Fsp3) is 0.750. The van der Waals surface area contributed by atoms with Crippen molar-refractivity contribution in [3.63, 3.8) is 0 Å². The summed E-state index contributed by atoms with van der Waals surface area (Å²) in [5.41, 5.74) is 0. The number of hydrogen-bond donors (Lipinski definition) is 3. The number of halogens is 2. The van der Waals surface area contributed by atoms with Crippen LogP contribution < -0.4 is 4.72 Å². The predicted octanol–water partition coefficient (Wildman–Crippen LogP) is 0.529. The van der Waals surface area contributed by atoms with Crippen molar-refractivity contribution < 1.29 is 18.7 Å². The van der Waals surface area contributed by atoms with E-state index in [0.717, 1.165) is 0 Å². The van der Waals surface area contributed by atoms with Crippen LogP contribution in [0.4, 0.5) is 8.78 Å². The lowest BCUT2D eigenvalue weighted by atomic mass is 10.2. The molecule has 60 valence electrons. The third kappa shape index (κ3) is 3.62. The van der Waals surface area contributed by atoms with Crippen LogP contribution in [-0.4, -0.2) is 23.5 Å².